The summed E-state index contributed by atoms with van der Waals surface area (Å²) in [6, 6.07) is 4.59. The number of rotatable bonds is 6. The molecule has 0 aliphatic carbocycles. The lowest BCUT2D eigenvalue weighted by atomic mass is 10.1. The van der Waals surface area contributed by atoms with Crippen LogP contribution in [0.25, 0.3) is 0 Å². The number of carboxylic acid groups (broad SMARTS) is 1. The molecule has 21 heavy (non-hydrogen) atoms. The number of phenols is 1. The monoisotopic (exact) mass is 290 g/mol. The molecule has 0 aliphatic heterocycles. The first-order valence-electron chi connectivity index (χ1n) is 6.47. The first-order valence-corrected chi connectivity index (χ1v) is 6.47. The molecule has 6 nitrogen and oxygen atoms in total. The van der Waals surface area contributed by atoms with Crippen molar-refractivity contribution in [3.63, 3.8) is 0 Å². The van der Waals surface area contributed by atoms with Gasteiger partial charge in [-0.2, -0.15) is 0 Å². The Morgan fingerprint density at radius 2 is 1.95 bits per heavy atom. The molecule has 112 valence electrons. The maximum atomic E-state index is 11.6. The molecule has 0 aliphatic rings. The molecule has 0 heterocycles. The first-order chi connectivity index (χ1) is 10.0. The van der Waals surface area contributed by atoms with Gasteiger partial charge in [-0.1, -0.05) is 12.1 Å². The number of carboxylic acids is 1. The third kappa shape index (κ3) is 6.34. The fourth-order valence-electron chi connectivity index (χ4n) is 1.64. The molecule has 0 fully saturated rings. The molecular formula is C15H18N2O4. The fourth-order valence-corrected chi connectivity index (χ4v) is 1.64. The van der Waals surface area contributed by atoms with Gasteiger partial charge in [-0.3, -0.25) is 0 Å². The third-order valence-electron chi connectivity index (χ3n) is 2.69. The Morgan fingerprint density at radius 3 is 2.52 bits per heavy atom. The van der Waals surface area contributed by atoms with Crippen LogP contribution in [-0.4, -0.2) is 34.8 Å². The summed E-state index contributed by atoms with van der Waals surface area (Å²) in [4.78, 5) is 22.8. The summed E-state index contributed by atoms with van der Waals surface area (Å²) >= 11 is 0. The van der Waals surface area contributed by atoms with Gasteiger partial charge in [0.05, 0.1) is 0 Å². The van der Waals surface area contributed by atoms with Crippen molar-refractivity contribution in [2.24, 2.45) is 0 Å². The lowest BCUT2D eigenvalue weighted by Crippen LogP contribution is -2.47. The number of urea groups is 1. The number of carbonyl (C=O) groups is 2. The van der Waals surface area contributed by atoms with Crippen molar-refractivity contribution in [1.29, 1.82) is 0 Å². The summed E-state index contributed by atoms with van der Waals surface area (Å²) in [7, 11) is 0. The molecule has 2 amide bonds. The van der Waals surface area contributed by atoms with Crippen molar-refractivity contribution in [3.8, 4) is 17.6 Å². The van der Waals surface area contributed by atoms with E-state index in [1.807, 2.05) is 0 Å². The van der Waals surface area contributed by atoms with Gasteiger partial charge in [0.2, 0.25) is 0 Å². The maximum absolute atomic E-state index is 11.6. The smallest absolute Gasteiger partial charge is 0.326 e. The highest BCUT2D eigenvalue weighted by Gasteiger charge is 2.20. The normalized spacial score (nSPS) is 10.9. The minimum atomic E-state index is -1.12. The molecular weight excluding hydrogens is 272 g/mol. The molecule has 1 rings (SSSR count). The van der Waals surface area contributed by atoms with Gasteiger partial charge >= 0.3 is 12.0 Å². The van der Waals surface area contributed by atoms with Gasteiger partial charge < -0.3 is 20.8 Å². The second-order valence-corrected chi connectivity index (χ2v) is 4.34. The molecule has 1 atom stereocenters. The number of aliphatic carboxylic acids is 1. The van der Waals surface area contributed by atoms with Crippen LogP contribution in [0.3, 0.4) is 0 Å². The summed E-state index contributed by atoms with van der Waals surface area (Å²) in [5.74, 6) is 4.48. The minimum absolute atomic E-state index is 0.105. The van der Waals surface area contributed by atoms with E-state index in [0.717, 1.165) is 0 Å². The van der Waals surface area contributed by atoms with Gasteiger partial charge in [0, 0.05) is 19.4 Å². The van der Waals surface area contributed by atoms with Gasteiger partial charge in [-0.05, 0) is 24.6 Å². The minimum Gasteiger partial charge on any atom is -0.508 e. The molecule has 0 aromatic heterocycles. The summed E-state index contributed by atoms with van der Waals surface area (Å²) in [6.45, 7) is 2.07. The second kappa shape index (κ2) is 8.48. The standard InChI is InChI=1S/C15H18N2O4/c1-2-3-4-9-16-15(21)17-13(14(19)20)10-11-5-7-12(18)8-6-11/h5-8,13,18H,4,9-10H2,1H3,(H,19,20)(H2,16,17,21)/t13-/m1/s1. The number of aromatic hydroxyl groups is 1. The zero-order valence-electron chi connectivity index (χ0n) is 11.7. The van der Waals surface area contributed by atoms with Gasteiger partial charge in [0.25, 0.3) is 0 Å². The van der Waals surface area contributed by atoms with E-state index in [-0.39, 0.29) is 12.2 Å². The van der Waals surface area contributed by atoms with Crippen LogP contribution in [0.5, 0.6) is 5.75 Å². The zero-order chi connectivity index (χ0) is 15.7. The molecule has 0 saturated carbocycles. The number of phenolic OH excluding ortho intramolecular Hbond substituents is 1. The van der Waals surface area contributed by atoms with E-state index >= 15 is 0 Å². The predicted molar refractivity (Wildman–Crippen MR) is 77.8 cm³/mol. The SMILES string of the molecule is CC#CCCNC(=O)N[C@H](Cc1ccc(O)cc1)C(=O)O. The number of nitrogens with one attached hydrogen (secondary N) is 2. The van der Waals surface area contributed by atoms with Crippen LogP contribution in [0.2, 0.25) is 0 Å². The molecule has 0 spiro atoms. The van der Waals surface area contributed by atoms with Crippen LogP contribution in [0.15, 0.2) is 24.3 Å². The van der Waals surface area contributed by atoms with Gasteiger partial charge in [0.1, 0.15) is 11.8 Å². The van der Waals surface area contributed by atoms with Crippen molar-refractivity contribution < 1.29 is 19.8 Å². The topological polar surface area (TPSA) is 98.7 Å². The molecule has 4 N–H and O–H groups in total. The number of hydrogen-bond donors (Lipinski definition) is 4. The van der Waals surface area contributed by atoms with E-state index in [4.69, 9.17) is 5.11 Å². The number of amides is 2. The average Bonchev–Trinajstić information content (AvgIpc) is 2.45. The van der Waals surface area contributed by atoms with Crippen molar-refractivity contribution in [2.75, 3.05) is 6.54 Å². The maximum Gasteiger partial charge on any atom is 0.326 e. The van der Waals surface area contributed by atoms with E-state index in [0.29, 0.717) is 18.5 Å². The molecule has 1 aromatic rings. The van der Waals surface area contributed by atoms with Crippen LogP contribution >= 0.6 is 0 Å². The van der Waals surface area contributed by atoms with E-state index in [2.05, 4.69) is 22.5 Å². The zero-order valence-corrected chi connectivity index (χ0v) is 11.7. The van der Waals surface area contributed by atoms with Crippen molar-refractivity contribution in [1.82, 2.24) is 10.6 Å². The fraction of sp³-hybridized carbons (Fsp3) is 0.333. The molecule has 1 aromatic carbocycles. The number of benzene rings is 1. The summed E-state index contributed by atoms with van der Waals surface area (Å²) in [5, 5.41) is 23.3. The highest BCUT2D eigenvalue weighted by Crippen LogP contribution is 2.11. The lowest BCUT2D eigenvalue weighted by molar-refractivity contribution is -0.139. The molecule has 0 bridgehead atoms. The van der Waals surface area contributed by atoms with E-state index in [1.165, 1.54) is 12.1 Å². The Morgan fingerprint density at radius 1 is 1.29 bits per heavy atom. The van der Waals surface area contributed by atoms with Gasteiger partial charge in [0.15, 0.2) is 0 Å². The summed E-state index contributed by atoms with van der Waals surface area (Å²) in [6.07, 6.45) is 0.650. The third-order valence-corrected chi connectivity index (χ3v) is 2.69. The largest absolute Gasteiger partial charge is 0.508 e. The van der Waals surface area contributed by atoms with E-state index in [9.17, 15) is 14.7 Å². The molecule has 0 saturated heterocycles. The lowest BCUT2D eigenvalue weighted by Gasteiger charge is -2.15. The second-order valence-electron chi connectivity index (χ2n) is 4.34. The van der Waals surface area contributed by atoms with E-state index in [1.54, 1.807) is 19.1 Å². The molecule has 0 unspecified atom stereocenters. The molecule has 6 heteroatoms. The van der Waals surface area contributed by atoms with Gasteiger partial charge in [-0.15, -0.1) is 11.8 Å². The van der Waals surface area contributed by atoms with Crippen LogP contribution in [0.4, 0.5) is 4.79 Å². The Balaban J connectivity index is 2.52. The predicted octanol–water partition coefficient (Wildman–Crippen LogP) is 1.10. The summed E-state index contributed by atoms with van der Waals surface area (Å²) in [5.41, 5.74) is 0.706. The van der Waals surface area contributed by atoms with Crippen LogP contribution in [0.1, 0.15) is 18.9 Å². The Labute approximate surface area is 123 Å². The number of hydrogen-bond acceptors (Lipinski definition) is 3. The van der Waals surface area contributed by atoms with Crippen molar-refractivity contribution in [2.45, 2.75) is 25.8 Å². The number of carbonyl (C=O) groups excluding carboxylic acids is 1. The van der Waals surface area contributed by atoms with Crippen LogP contribution in [0, 0.1) is 11.8 Å². The highest BCUT2D eigenvalue weighted by molar-refractivity contribution is 5.82. The van der Waals surface area contributed by atoms with Crippen molar-refractivity contribution >= 4 is 12.0 Å². The van der Waals surface area contributed by atoms with Crippen LogP contribution in [-0.2, 0) is 11.2 Å². The Kier molecular flexibility index (Phi) is 6.61. The highest BCUT2D eigenvalue weighted by atomic mass is 16.4. The van der Waals surface area contributed by atoms with Gasteiger partial charge in [-0.25, -0.2) is 9.59 Å². The van der Waals surface area contributed by atoms with E-state index < -0.39 is 18.0 Å². The van der Waals surface area contributed by atoms with Crippen molar-refractivity contribution in [3.05, 3.63) is 29.8 Å². The van der Waals surface area contributed by atoms with Crippen LogP contribution < -0.4 is 10.6 Å². The first kappa shape index (κ1) is 16.4. The Bertz CT molecular complexity index is 543. The summed E-state index contributed by atoms with van der Waals surface area (Å²) < 4.78 is 0. The quantitative estimate of drug-likeness (QED) is 0.466. The Hall–Kier alpha value is -2.68. The average molecular weight is 290 g/mol. The molecule has 0 radical (unpaired) electrons.